The molecule has 50 heavy (non-hydrogen) atoms. The van der Waals surface area contributed by atoms with E-state index in [2.05, 4.69) is 111 Å². The lowest BCUT2D eigenvalue weighted by molar-refractivity contribution is -0.322. The van der Waals surface area contributed by atoms with Gasteiger partial charge in [0.15, 0.2) is 0 Å². The van der Waals surface area contributed by atoms with Gasteiger partial charge in [0.25, 0.3) is 0 Å². The van der Waals surface area contributed by atoms with E-state index in [0.717, 1.165) is 89.9 Å². The van der Waals surface area contributed by atoms with Crippen molar-refractivity contribution in [3.05, 3.63) is 0 Å². The Morgan fingerprint density at radius 2 is 0.780 bits per heavy atom. The number of carbonyl (C=O) groups is 2. The predicted octanol–water partition coefficient (Wildman–Crippen LogP) is 11.3. The van der Waals surface area contributed by atoms with E-state index >= 15 is 0 Å². The van der Waals surface area contributed by atoms with Gasteiger partial charge in [-0.1, -0.05) is 38.5 Å². The Morgan fingerprint density at radius 1 is 0.500 bits per heavy atom. The van der Waals surface area contributed by atoms with E-state index in [4.69, 9.17) is 19.1 Å². The van der Waals surface area contributed by atoms with Crippen LogP contribution < -0.4 is 0 Å². The zero-order valence-corrected chi connectivity index (χ0v) is 37.1. The summed E-state index contributed by atoms with van der Waals surface area (Å²) in [6.07, 6.45) is 21.5. The molecular formula is C40H70I2N2O6. The van der Waals surface area contributed by atoms with Crippen molar-refractivity contribution >= 4 is 57.1 Å². The summed E-state index contributed by atoms with van der Waals surface area (Å²) in [6.45, 7) is 17.7. The molecule has 10 heteroatoms. The van der Waals surface area contributed by atoms with Gasteiger partial charge in [0.05, 0.1) is 0 Å². The molecule has 0 radical (unpaired) electrons. The zero-order valence-electron chi connectivity index (χ0n) is 32.8. The lowest BCUT2D eigenvalue weighted by atomic mass is 9.80. The van der Waals surface area contributed by atoms with Crippen LogP contribution in [0.5, 0.6) is 0 Å². The number of rotatable bonds is 15. The van der Waals surface area contributed by atoms with E-state index in [9.17, 15) is 9.59 Å². The number of alkyl halides is 2. The molecule has 2 saturated carbocycles. The lowest BCUT2D eigenvalue weighted by Crippen LogP contribution is -2.63. The Morgan fingerprint density at radius 3 is 1.08 bits per heavy atom. The third-order valence-corrected chi connectivity index (χ3v) is 14.0. The van der Waals surface area contributed by atoms with E-state index in [1.807, 2.05) is 0 Å². The molecule has 0 amide bonds. The average molecular weight is 929 g/mol. The molecule has 8 nitrogen and oxygen atoms in total. The van der Waals surface area contributed by atoms with Crippen molar-refractivity contribution < 1.29 is 28.7 Å². The smallest absolute Gasteiger partial charge is 0.306 e. The average Bonchev–Trinajstić information content (AvgIpc) is 2.98. The number of hydrogen-bond acceptors (Lipinski definition) is 8. The molecule has 4 rings (SSSR count). The molecule has 2 saturated heterocycles. The van der Waals surface area contributed by atoms with Crippen LogP contribution in [-0.2, 0) is 28.7 Å². The second-order valence-corrected chi connectivity index (χ2v) is 22.5. The summed E-state index contributed by atoms with van der Waals surface area (Å²) in [5.74, 6) is -0.161. The van der Waals surface area contributed by atoms with Crippen LogP contribution in [0, 0.1) is 0 Å². The highest BCUT2D eigenvalue weighted by atomic mass is 127. The third kappa shape index (κ3) is 12.4. The summed E-state index contributed by atoms with van der Waals surface area (Å²) in [4.78, 5) is 39.2. The van der Waals surface area contributed by atoms with Crippen LogP contribution in [0.1, 0.15) is 197 Å². The minimum atomic E-state index is -0.221. The molecule has 0 aromatic carbocycles. The second kappa shape index (κ2) is 17.8. The van der Waals surface area contributed by atoms with Gasteiger partial charge in [0.1, 0.15) is 19.4 Å². The van der Waals surface area contributed by atoms with Crippen molar-refractivity contribution in [2.75, 3.05) is 0 Å². The van der Waals surface area contributed by atoms with E-state index in [-0.39, 0.29) is 53.5 Å². The van der Waals surface area contributed by atoms with Gasteiger partial charge in [-0.3, -0.25) is 19.3 Å². The molecule has 0 bridgehead atoms. The van der Waals surface area contributed by atoms with Crippen molar-refractivity contribution in [2.24, 2.45) is 0 Å². The molecular weight excluding hydrogens is 858 g/mol. The van der Waals surface area contributed by atoms with Crippen LogP contribution in [0.15, 0.2) is 0 Å². The first kappa shape index (κ1) is 43.0. The van der Waals surface area contributed by atoms with Crippen molar-refractivity contribution in [2.45, 2.75) is 238 Å². The van der Waals surface area contributed by atoms with Crippen LogP contribution in [0.25, 0.3) is 0 Å². The van der Waals surface area contributed by atoms with Gasteiger partial charge in [-0.2, -0.15) is 10.1 Å². The van der Waals surface area contributed by atoms with Gasteiger partial charge in [-0.05, 0) is 165 Å². The SMILES string of the molecule is CC1(C)CC(OC(=O)CCCCCCCCC(=O)OC2CC(C)(C)N(OC3(I)CCCCC3)C(C)(C)C2)CC(C)(C)N1OC1(I)CCCCC1. The van der Waals surface area contributed by atoms with Gasteiger partial charge in [0, 0.05) is 60.7 Å². The summed E-state index contributed by atoms with van der Waals surface area (Å²) < 4.78 is 11.8. The number of nitrogens with zero attached hydrogens (tertiary/aromatic N) is 2. The number of piperidine rings is 2. The van der Waals surface area contributed by atoms with Gasteiger partial charge in [-0.25, -0.2) is 0 Å². The first-order chi connectivity index (χ1) is 23.2. The van der Waals surface area contributed by atoms with Crippen LogP contribution >= 0.6 is 45.2 Å². The fraction of sp³-hybridized carbons (Fsp3) is 0.950. The Bertz CT molecular complexity index is 993. The van der Waals surface area contributed by atoms with E-state index in [1.54, 1.807) is 0 Å². The normalized spacial score (nSPS) is 26.7. The number of ether oxygens (including phenoxy) is 2. The molecule has 4 fully saturated rings. The maximum atomic E-state index is 12.8. The topological polar surface area (TPSA) is 77.5 Å². The minimum Gasteiger partial charge on any atom is -0.462 e. The summed E-state index contributed by atoms with van der Waals surface area (Å²) in [6, 6.07) is 0. The first-order valence-electron chi connectivity index (χ1n) is 20.0. The molecule has 0 unspecified atom stereocenters. The Kier molecular flexibility index (Phi) is 15.3. The van der Waals surface area contributed by atoms with Crippen molar-refractivity contribution in [3.8, 4) is 0 Å². The maximum Gasteiger partial charge on any atom is 0.306 e. The first-order valence-corrected chi connectivity index (χ1v) is 22.2. The van der Waals surface area contributed by atoms with Crippen LogP contribution in [-0.4, -0.2) is 63.6 Å². The maximum absolute atomic E-state index is 12.8. The summed E-state index contributed by atoms with van der Waals surface area (Å²) >= 11 is 5.05. The molecule has 2 aliphatic carbocycles. The zero-order chi connectivity index (χ0) is 36.8. The molecule has 290 valence electrons. The monoisotopic (exact) mass is 928 g/mol. The fourth-order valence-corrected chi connectivity index (χ4v) is 11.3. The van der Waals surface area contributed by atoms with Gasteiger partial charge in [-0.15, -0.1) is 0 Å². The third-order valence-electron chi connectivity index (χ3n) is 11.4. The standard InChI is InChI=1S/C40H70I2N2O6/c1-35(2)27-31(28-36(3,4)43(35)49-39(41)23-17-13-18-24-39)47-33(45)21-15-11-9-10-12-16-22-34(46)48-32-29-37(5,6)44(38(7,8)30-32)50-40(42)25-19-14-20-26-40/h31-32H,9-30H2,1-8H3. The summed E-state index contributed by atoms with van der Waals surface area (Å²) in [5.41, 5.74) is -0.885. The number of halogens is 2. The number of esters is 2. The lowest BCUT2D eigenvalue weighted by Gasteiger charge is -2.55. The highest BCUT2D eigenvalue weighted by molar-refractivity contribution is 14.1. The van der Waals surface area contributed by atoms with E-state index in [0.29, 0.717) is 12.8 Å². The molecule has 2 heterocycles. The Hall–Kier alpha value is 0.240. The highest BCUT2D eigenvalue weighted by Gasteiger charge is 2.52. The van der Waals surface area contributed by atoms with Crippen LogP contribution in [0.2, 0.25) is 0 Å². The quantitative estimate of drug-likeness (QED) is 0.0696. The van der Waals surface area contributed by atoms with Crippen molar-refractivity contribution in [1.29, 1.82) is 0 Å². The highest BCUT2D eigenvalue weighted by Crippen LogP contribution is 2.48. The molecule has 2 aliphatic heterocycles. The number of hydrogen-bond donors (Lipinski definition) is 0. The van der Waals surface area contributed by atoms with Crippen LogP contribution in [0.3, 0.4) is 0 Å². The Balaban J connectivity index is 1.08. The number of hydroxylamine groups is 4. The number of unbranched alkanes of at least 4 members (excludes halogenated alkanes) is 5. The largest absolute Gasteiger partial charge is 0.462 e. The molecule has 0 aromatic rings. The van der Waals surface area contributed by atoms with E-state index < -0.39 is 0 Å². The molecule has 0 atom stereocenters. The van der Waals surface area contributed by atoms with Gasteiger partial charge >= 0.3 is 11.9 Å². The van der Waals surface area contributed by atoms with E-state index in [1.165, 1.54) is 38.5 Å². The molecule has 4 aliphatic rings. The predicted molar refractivity (Wildman–Crippen MR) is 217 cm³/mol. The molecule has 0 spiro atoms. The van der Waals surface area contributed by atoms with Gasteiger partial charge in [0.2, 0.25) is 0 Å². The Labute approximate surface area is 332 Å². The van der Waals surface area contributed by atoms with Crippen molar-refractivity contribution in [1.82, 2.24) is 10.1 Å². The van der Waals surface area contributed by atoms with Crippen LogP contribution in [0.4, 0.5) is 0 Å². The summed E-state index contributed by atoms with van der Waals surface area (Å²) in [7, 11) is 0. The number of carbonyl (C=O) groups excluding carboxylic acids is 2. The molecule has 0 aromatic heterocycles. The molecule has 0 N–H and O–H groups in total. The van der Waals surface area contributed by atoms with Crippen molar-refractivity contribution in [3.63, 3.8) is 0 Å². The fourth-order valence-electron chi connectivity index (χ4n) is 9.41. The summed E-state index contributed by atoms with van der Waals surface area (Å²) in [5, 5.41) is 4.45. The van der Waals surface area contributed by atoms with Gasteiger partial charge < -0.3 is 9.47 Å². The second-order valence-electron chi connectivity index (χ2n) is 18.6. The minimum absolute atomic E-state index is 0.0807.